The van der Waals surface area contributed by atoms with E-state index in [-0.39, 0.29) is 11.8 Å². The number of carbonyl (C=O) groups excluding carboxylic acids is 2. The second-order valence-corrected chi connectivity index (χ2v) is 7.17. The first-order chi connectivity index (χ1) is 13.5. The third-order valence-corrected chi connectivity index (χ3v) is 4.81. The maximum Gasteiger partial charge on any atom is 0.251 e. The average Bonchev–Trinajstić information content (AvgIpc) is 3.52. The molecule has 4 nitrogen and oxygen atoms in total. The van der Waals surface area contributed by atoms with Gasteiger partial charge in [0.1, 0.15) is 0 Å². The van der Waals surface area contributed by atoms with Crippen LogP contribution in [0.15, 0.2) is 66.3 Å². The van der Waals surface area contributed by atoms with Gasteiger partial charge in [-0.05, 0) is 68.5 Å². The molecule has 1 saturated carbocycles. The minimum absolute atomic E-state index is 0.0921. The minimum atomic E-state index is -0.182. The zero-order valence-electron chi connectivity index (χ0n) is 16.6. The van der Waals surface area contributed by atoms with E-state index in [0.717, 1.165) is 29.5 Å². The summed E-state index contributed by atoms with van der Waals surface area (Å²) in [4.78, 5) is 25.0. The van der Waals surface area contributed by atoms with Crippen molar-refractivity contribution in [1.29, 1.82) is 0 Å². The van der Waals surface area contributed by atoms with E-state index in [1.807, 2.05) is 62.4 Å². The van der Waals surface area contributed by atoms with E-state index in [0.29, 0.717) is 22.9 Å². The van der Waals surface area contributed by atoms with Crippen molar-refractivity contribution >= 4 is 23.1 Å². The summed E-state index contributed by atoms with van der Waals surface area (Å²) in [6.45, 7) is 5.66. The molecule has 0 unspecified atom stereocenters. The molecule has 1 aliphatic carbocycles. The van der Waals surface area contributed by atoms with Crippen LogP contribution >= 0.6 is 0 Å². The van der Waals surface area contributed by atoms with Gasteiger partial charge in [-0.25, -0.2) is 0 Å². The highest BCUT2D eigenvalue weighted by atomic mass is 16.2. The Bertz CT molecular complexity index is 938. The molecule has 3 rings (SSSR count). The van der Waals surface area contributed by atoms with Gasteiger partial charge in [0.2, 0.25) is 0 Å². The predicted octanol–water partition coefficient (Wildman–Crippen LogP) is 4.88. The number of hydrogen-bond acceptors (Lipinski definition) is 2. The van der Waals surface area contributed by atoms with E-state index in [1.165, 1.54) is 0 Å². The summed E-state index contributed by atoms with van der Waals surface area (Å²) in [5, 5.41) is 5.91. The summed E-state index contributed by atoms with van der Waals surface area (Å²) in [5.41, 5.74) is 4.79. The number of anilines is 1. The molecule has 4 heteroatoms. The topological polar surface area (TPSA) is 58.2 Å². The lowest BCUT2D eigenvalue weighted by molar-refractivity contribution is -0.112. The summed E-state index contributed by atoms with van der Waals surface area (Å²) in [6, 6.07) is 15.6. The van der Waals surface area contributed by atoms with Gasteiger partial charge in [0, 0.05) is 22.9 Å². The van der Waals surface area contributed by atoms with Crippen LogP contribution in [0.25, 0.3) is 5.57 Å². The van der Waals surface area contributed by atoms with E-state index in [1.54, 1.807) is 19.1 Å². The summed E-state index contributed by atoms with van der Waals surface area (Å²) in [5.74, 6) is -0.274. The molecule has 0 atom stereocenters. The molecule has 1 aliphatic rings. The van der Waals surface area contributed by atoms with Crippen molar-refractivity contribution in [2.45, 2.75) is 39.7 Å². The Kier molecular flexibility index (Phi) is 6.09. The minimum Gasteiger partial charge on any atom is -0.349 e. The number of allylic oxidation sites excluding steroid dienone is 3. The van der Waals surface area contributed by atoms with E-state index in [4.69, 9.17) is 0 Å². The first kappa shape index (κ1) is 19.6. The first-order valence-electron chi connectivity index (χ1n) is 9.61. The van der Waals surface area contributed by atoms with Gasteiger partial charge in [-0.15, -0.1) is 0 Å². The van der Waals surface area contributed by atoms with Gasteiger partial charge in [-0.3, -0.25) is 9.59 Å². The molecular weight excluding hydrogens is 348 g/mol. The van der Waals surface area contributed by atoms with Crippen molar-refractivity contribution in [1.82, 2.24) is 5.32 Å². The molecule has 0 spiro atoms. The van der Waals surface area contributed by atoms with Crippen LogP contribution in [0.4, 0.5) is 5.69 Å². The highest BCUT2D eigenvalue weighted by molar-refractivity contribution is 6.06. The van der Waals surface area contributed by atoms with Gasteiger partial charge in [-0.2, -0.15) is 0 Å². The van der Waals surface area contributed by atoms with E-state index < -0.39 is 0 Å². The van der Waals surface area contributed by atoms with Crippen molar-refractivity contribution in [3.8, 4) is 0 Å². The lowest BCUT2D eigenvalue weighted by atomic mass is 10.0. The Morgan fingerprint density at radius 1 is 1.04 bits per heavy atom. The standard InChI is InChI=1S/C24H26N2O2/c1-4-18(19-8-6-5-7-9-19)14-17(3)23(27)26-22-15-20(11-10-16(22)2)24(28)25-21-12-13-21/h4-11,14-15,21H,12-13H2,1-3H3,(H,25,28)(H,26,27)/b17-14+,18-4+. The van der Waals surface area contributed by atoms with Gasteiger partial charge < -0.3 is 10.6 Å². The monoisotopic (exact) mass is 374 g/mol. The summed E-state index contributed by atoms with van der Waals surface area (Å²) in [6.07, 6.45) is 5.95. The Balaban J connectivity index is 1.75. The quantitative estimate of drug-likeness (QED) is 0.559. The maximum atomic E-state index is 12.7. The largest absolute Gasteiger partial charge is 0.349 e. The van der Waals surface area contributed by atoms with Crippen LogP contribution in [0, 0.1) is 6.92 Å². The van der Waals surface area contributed by atoms with Gasteiger partial charge in [-0.1, -0.05) is 42.5 Å². The third-order valence-electron chi connectivity index (χ3n) is 4.81. The van der Waals surface area contributed by atoms with E-state index in [2.05, 4.69) is 10.6 Å². The first-order valence-corrected chi connectivity index (χ1v) is 9.61. The number of rotatable bonds is 6. The zero-order valence-corrected chi connectivity index (χ0v) is 16.6. The fourth-order valence-electron chi connectivity index (χ4n) is 2.88. The van der Waals surface area contributed by atoms with Crippen LogP contribution in [-0.2, 0) is 4.79 Å². The molecule has 0 saturated heterocycles. The van der Waals surface area contributed by atoms with Crippen LogP contribution < -0.4 is 10.6 Å². The molecule has 0 radical (unpaired) electrons. The van der Waals surface area contributed by atoms with Gasteiger partial charge in [0.15, 0.2) is 0 Å². The molecule has 2 amide bonds. The highest BCUT2D eigenvalue weighted by Crippen LogP contribution is 2.22. The zero-order chi connectivity index (χ0) is 20.1. The van der Waals surface area contributed by atoms with Gasteiger partial charge >= 0.3 is 0 Å². The number of aryl methyl sites for hydroxylation is 1. The van der Waals surface area contributed by atoms with Crippen LogP contribution in [0.5, 0.6) is 0 Å². The molecule has 144 valence electrons. The van der Waals surface area contributed by atoms with Gasteiger partial charge in [0.25, 0.3) is 11.8 Å². The Morgan fingerprint density at radius 3 is 2.39 bits per heavy atom. The van der Waals surface area contributed by atoms with Crippen LogP contribution in [0.2, 0.25) is 0 Å². The summed E-state index contributed by atoms with van der Waals surface area (Å²) in [7, 11) is 0. The Hall–Kier alpha value is -3.14. The van der Waals surface area contributed by atoms with E-state index >= 15 is 0 Å². The predicted molar refractivity (Wildman–Crippen MR) is 114 cm³/mol. The second kappa shape index (κ2) is 8.70. The van der Waals surface area contributed by atoms with Gasteiger partial charge in [0.05, 0.1) is 0 Å². The SMILES string of the molecule is C/C=C(\C=C(/C)C(=O)Nc1cc(C(=O)NC2CC2)ccc1C)c1ccccc1. The number of benzene rings is 2. The number of nitrogens with one attached hydrogen (secondary N) is 2. The molecule has 2 aromatic carbocycles. The number of carbonyl (C=O) groups is 2. The highest BCUT2D eigenvalue weighted by Gasteiger charge is 2.24. The maximum absolute atomic E-state index is 12.7. The molecule has 0 aliphatic heterocycles. The van der Waals surface area contributed by atoms with Crippen LogP contribution in [0.3, 0.4) is 0 Å². The molecule has 2 aromatic rings. The molecule has 0 bridgehead atoms. The molecule has 0 aromatic heterocycles. The van der Waals surface area contributed by atoms with Crippen molar-refractivity contribution in [2.75, 3.05) is 5.32 Å². The smallest absolute Gasteiger partial charge is 0.251 e. The van der Waals surface area contributed by atoms with Crippen molar-refractivity contribution in [3.63, 3.8) is 0 Å². The number of hydrogen-bond donors (Lipinski definition) is 2. The third kappa shape index (κ3) is 4.97. The summed E-state index contributed by atoms with van der Waals surface area (Å²) < 4.78 is 0. The fourth-order valence-corrected chi connectivity index (χ4v) is 2.88. The molecule has 28 heavy (non-hydrogen) atoms. The Morgan fingerprint density at radius 2 is 1.75 bits per heavy atom. The Labute approximate surface area is 166 Å². The lowest BCUT2D eigenvalue weighted by Crippen LogP contribution is -2.25. The fraction of sp³-hybridized carbons (Fsp3) is 0.250. The van der Waals surface area contributed by atoms with Crippen molar-refractivity contribution in [3.05, 3.63) is 82.9 Å². The number of amides is 2. The summed E-state index contributed by atoms with van der Waals surface area (Å²) >= 11 is 0. The van der Waals surface area contributed by atoms with Crippen molar-refractivity contribution < 1.29 is 9.59 Å². The molecule has 0 heterocycles. The van der Waals surface area contributed by atoms with Crippen LogP contribution in [0.1, 0.15) is 48.2 Å². The average molecular weight is 374 g/mol. The normalized spacial score (nSPS) is 14.5. The molecule has 2 N–H and O–H groups in total. The van der Waals surface area contributed by atoms with Crippen LogP contribution in [-0.4, -0.2) is 17.9 Å². The molecular formula is C24H26N2O2. The van der Waals surface area contributed by atoms with E-state index in [9.17, 15) is 9.59 Å². The second-order valence-electron chi connectivity index (χ2n) is 7.17. The molecule has 1 fully saturated rings. The van der Waals surface area contributed by atoms with Crippen molar-refractivity contribution in [2.24, 2.45) is 0 Å². The lowest BCUT2D eigenvalue weighted by Gasteiger charge is -2.12.